The summed E-state index contributed by atoms with van der Waals surface area (Å²) in [6.45, 7) is 9.80. The molecular weight excluding hydrogens is 208 g/mol. The lowest BCUT2D eigenvalue weighted by Gasteiger charge is -1.91. The number of fused-ring (bicyclic) bond motifs is 1. The highest BCUT2D eigenvalue weighted by Gasteiger charge is 2.05. The summed E-state index contributed by atoms with van der Waals surface area (Å²) < 4.78 is 25.6. The summed E-state index contributed by atoms with van der Waals surface area (Å²) in [5, 5.41) is 0.439. The van der Waals surface area contributed by atoms with E-state index in [1.807, 2.05) is 27.7 Å². The third-order valence-corrected chi connectivity index (χ3v) is 1.79. The van der Waals surface area contributed by atoms with Crippen molar-refractivity contribution in [2.24, 2.45) is 0 Å². The molecule has 0 spiro atoms. The molecule has 0 bridgehead atoms. The number of H-pyrrole nitrogens is 1. The Hall–Kier alpha value is -1.38. The van der Waals surface area contributed by atoms with Gasteiger partial charge in [-0.3, -0.25) is 0 Å². The highest BCUT2D eigenvalue weighted by molar-refractivity contribution is 5.80. The first-order valence-corrected chi connectivity index (χ1v) is 5.61. The number of hydrogen-bond acceptors (Lipinski definition) is 0. The second-order valence-corrected chi connectivity index (χ2v) is 2.80. The van der Waals surface area contributed by atoms with Gasteiger partial charge in [0, 0.05) is 17.1 Å². The molecule has 0 unspecified atom stereocenters. The molecule has 0 aliphatic heterocycles. The molecule has 1 heterocycles. The van der Waals surface area contributed by atoms with E-state index in [9.17, 15) is 8.78 Å². The summed E-state index contributed by atoms with van der Waals surface area (Å²) in [5.41, 5.74) is 1.33. The molecular formula is C13H19F2N. The van der Waals surface area contributed by atoms with Gasteiger partial charge in [-0.15, -0.1) is 0 Å². The Morgan fingerprint density at radius 2 is 1.50 bits per heavy atom. The smallest absolute Gasteiger partial charge is 0.135 e. The van der Waals surface area contributed by atoms with Gasteiger partial charge in [-0.25, -0.2) is 8.78 Å². The van der Waals surface area contributed by atoms with Crippen LogP contribution in [0.3, 0.4) is 0 Å². The van der Waals surface area contributed by atoms with Gasteiger partial charge in [0.05, 0.1) is 5.52 Å². The van der Waals surface area contributed by atoms with Gasteiger partial charge >= 0.3 is 0 Å². The van der Waals surface area contributed by atoms with Gasteiger partial charge in [0.2, 0.25) is 0 Å². The van der Waals surface area contributed by atoms with E-state index in [0.29, 0.717) is 10.9 Å². The van der Waals surface area contributed by atoms with Crippen LogP contribution in [-0.4, -0.2) is 4.98 Å². The Morgan fingerprint density at radius 3 is 2.06 bits per heavy atom. The number of halogens is 2. The molecule has 16 heavy (non-hydrogen) atoms. The van der Waals surface area contributed by atoms with Crippen LogP contribution >= 0.6 is 0 Å². The van der Waals surface area contributed by atoms with Crippen LogP contribution in [-0.2, 0) is 0 Å². The van der Waals surface area contributed by atoms with Crippen LogP contribution in [0, 0.1) is 18.6 Å². The second kappa shape index (κ2) is 6.99. The molecule has 2 aromatic rings. The number of nitrogens with one attached hydrogen (secondary N) is 1. The Balaban J connectivity index is 0.000000509. The summed E-state index contributed by atoms with van der Waals surface area (Å²) in [5.74, 6) is -1.07. The summed E-state index contributed by atoms with van der Waals surface area (Å²) in [6.07, 6.45) is 0. The van der Waals surface area contributed by atoms with Gasteiger partial charge in [0.15, 0.2) is 0 Å². The molecule has 90 valence electrons. The van der Waals surface area contributed by atoms with Crippen LogP contribution < -0.4 is 0 Å². The molecule has 1 nitrogen and oxygen atoms in total. The lowest BCUT2D eigenvalue weighted by atomic mass is 10.2. The average molecular weight is 227 g/mol. The summed E-state index contributed by atoms with van der Waals surface area (Å²) in [7, 11) is 0. The maximum atomic E-state index is 13.0. The van der Waals surface area contributed by atoms with Gasteiger partial charge in [0.25, 0.3) is 0 Å². The molecule has 2 rings (SSSR count). The molecule has 0 amide bonds. The van der Waals surface area contributed by atoms with Crippen LogP contribution in [0.5, 0.6) is 0 Å². The Kier molecular flexibility index (Phi) is 6.38. The van der Waals surface area contributed by atoms with Gasteiger partial charge in [-0.05, 0) is 19.1 Å². The molecule has 1 N–H and O–H groups in total. The van der Waals surface area contributed by atoms with E-state index in [1.165, 1.54) is 6.07 Å². The number of rotatable bonds is 0. The van der Waals surface area contributed by atoms with E-state index in [2.05, 4.69) is 4.98 Å². The third kappa shape index (κ3) is 3.33. The first-order chi connectivity index (χ1) is 7.66. The van der Waals surface area contributed by atoms with Crippen molar-refractivity contribution in [1.29, 1.82) is 0 Å². The first-order valence-electron chi connectivity index (χ1n) is 5.61. The molecule has 0 saturated heterocycles. The minimum absolute atomic E-state index is 0.439. The van der Waals surface area contributed by atoms with Crippen LogP contribution in [0.15, 0.2) is 18.2 Å². The third-order valence-electron chi connectivity index (χ3n) is 1.79. The maximum absolute atomic E-state index is 13.0. The SMILES string of the molecule is CC.CC.Cc1cc2c(F)cc(F)cc2[nH]1. The Labute approximate surface area is 95.5 Å². The van der Waals surface area contributed by atoms with Crippen LogP contribution in [0.2, 0.25) is 0 Å². The molecule has 1 aromatic carbocycles. The minimum atomic E-state index is -0.554. The minimum Gasteiger partial charge on any atom is -0.358 e. The van der Waals surface area contributed by atoms with E-state index in [-0.39, 0.29) is 0 Å². The highest BCUT2D eigenvalue weighted by atomic mass is 19.1. The predicted molar refractivity (Wildman–Crippen MR) is 65.6 cm³/mol. The van der Waals surface area contributed by atoms with Crippen molar-refractivity contribution in [3.05, 3.63) is 35.5 Å². The molecule has 0 aliphatic rings. The van der Waals surface area contributed by atoms with Crippen LogP contribution in [0.4, 0.5) is 8.78 Å². The number of aryl methyl sites for hydroxylation is 1. The predicted octanol–water partition coefficient (Wildman–Crippen LogP) is 4.81. The Morgan fingerprint density at radius 1 is 0.938 bits per heavy atom. The lowest BCUT2D eigenvalue weighted by Crippen LogP contribution is -1.79. The van der Waals surface area contributed by atoms with Crippen molar-refractivity contribution in [3.63, 3.8) is 0 Å². The molecule has 1 aromatic heterocycles. The van der Waals surface area contributed by atoms with E-state index >= 15 is 0 Å². The molecule has 3 heteroatoms. The zero-order valence-electron chi connectivity index (χ0n) is 10.5. The lowest BCUT2D eigenvalue weighted by molar-refractivity contribution is 0.592. The standard InChI is InChI=1S/C9H7F2N.2C2H6/c1-5-2-7-8(11)3-6(10)4-9(7)12-5;2*1-2/h2-4,12H,1H3;2*1-2H3. The van der Waals surface area contributed by atoms with E-state index in [4.69, 9.17) is 0 Å². The van der Waals surface area contributed by atoms with Crippen molar-refractivity contribution >= 4 is 10.9 Å². The van der Waals surface area contributed by atoms with Crippen molar-refractivity contribution < 1.29 is 8.78 Å². The number of aromatic amines is 1. The summed E-state index contributed by atoms with van der Waals surface area (Å²) >= 11 is 0. The Bertz CT molecular complexity index is 433. The van der Waals surface area contributed by atoms with Crippen LogP contribution in [0.25, 0.3) is 10.9 Å². The molecule has 0 radical (unpaired) electrons. The first kappa shape index (κ1) is 14.6. The average Bonchev–Trinajstić information content (AvgIpc) is 2.65. The fourth-order valence-electron chi connectivity index (χ4n) is 1.30. The largest absolute Gasteiger partial charge is 0.358 e. The zero-order valence-corrected chi connectivity index (χ0v) is 10.5. The van der Waals surface area contributed by atoms with Gasteiger partial charge in [0.1, 0.15) is 11.6 Å². The molecule has 0 atom stereocenters. The van der Waals surface area contributed by atoms with Crippen molar-refractivity contribution in [2.45, 2.75) is 34.6 Å². The summed E-state index contributed by atoms with van der Waals surface area (Å²) in [6, 6.07) is 3.82. The molecule has 0 saturated carbocycles. The summed E-state index contributed by atoms with van der Waals surface area (Å²) in [4.78, 5) is 2.86. The normalized spacial score (nSPS) is 8.94. The number of benzene rings is 1. The van der Waals surface area contributed by atoms with Gasteiger partial charge < -0.3 is 4.98 Å². The number of aromatic nitrogens is 1. The second-order valence-electron chi connectivity index (χ2n) is 2.80. The molecule has 0 fully saturated rings. The fourth-order valence-corrected chi connectivity index (χ4v) is 1.30. The zero-order chi connectivity index (χ0) is 12.7. The van der Waals surface area contributed by atoms with Crippen molar-refractivity contribution in [1.82, 2.24) is 4.98 Å². The van der Waals surface area contributed by atoms with Crippen molar-refractivity contribution in [3.8, 4) is 0 Å². The fraction of sp³-hybridized carbons (Fsp3) is 0.385. The van der Waals surface area contributed by atoms with Crippen LogP contribution in [0.1, 0.15) is 33.4 Å². The van der Waals surface area contributed by atoms with E-state index in [0.717, 1.165) is 11.8 Å². The monoisotopic (exact) mass is 227 g/mol. The quantitative estimate of drug-likeness (QED) is 0.665. The van der Waals surface area contributed by atoms with Gasteiger partial charge in [-0.2, -0.15) is 0 Å². The maximum Gasteiger partial charge on any atom is 0.135 e. The topological polar surface area (TPSA) is 15.8 Å². The number of hydrogen-bond donors (Lipinski definition) is 1. The van der Waals surface area contributed by atoms with Crippen molar-refractivity contribution in [2.75, 3.05) is 0 Å². The highest BCUT2D eigenvalue weighted by Crippen LogP contribution is 2.19. The molecule has 0 aliphatic carbocycles. The van der Waals surface area contributed by atoms with Gasteiger partial charge in [-0.1, -0.05) is 27.7 Å². The van der Waals surface area contributed by atoms with E-state index in [1.54, 1.807) is 13.0 Å². The van der Waals surface area contributed by atoms with E-state index < -0.39 is 11.6 Å².